The molecule has 1 amide bonds. The van der Waals surface area contributed by atoms with Crippen LogP contribution in [-0.4, -0.2) is 59.5 Å². The minimum Gasteiger partial charge on any atom is -0.481 e. The Bertz CT molecular complexity index is 545. The number of carbonyl (C=O) groups is 2. The van der Waals surface area contributed by atoms with E-state index in [-0.39, 0.29) is 12.3 Å². The van der Waals surface area contributed by atoms with Gasteiger partial charge >= 0.3 is 5.97 Å². The molecule has 2 rings (SSSR count). The Morgan fingerprint density at radius 1 is 1.24 bits per heavy atom. The molecule has 1 saturated heterocycles. The fraction of sp³-hybridized carbons (Fsp3) is 0.429. The zero-order valence-corrected chi connectivity index (χ0v) is 13.7. The predicted molar refractivity (Wildman–Crippen MR) is 83.7 cm³/mol. The van der Waals surface area contributed by atoms with Crippen molar-refractivity contribution in [2.45, 2.75) is 6.42 Å². The van der Waals surface area contributed by atoms with Gasteiger partial charge in [-0.15, -0.1) is 0 Å². The van der Waals surface area contributed by atoms with Gasteiger partial charge in [0.15, 0.2) is 0 Å². The van der Waals surface area contributed by atoms with Gasteiger partial charge in [0.2, 0.25) is 0 Å². The number of hydrogen-bond donors (Lipinski definition) is 1. The highest BCUT2D eigenvalue weighted by atomic mass is 79.9. The molecule has 0 saturated carbocycles. The molecule has 1 fully saturated rings. The Hall–Kier alpha value is -1.11. The lowest BCUT2D eigenvalue weighted by atomic mass is 10.1. The van der Waals surface area contributed by atoms with E-state index in [4.69, 9.17) is 16.7 Å². The molecule has 7 heteroatoms. The molecule has 1 aliphatic heterocycles. The molecule has 0 bridgehead atoms. The molecular weight excluding hydrogens is 360 g/mol. The maximum atomic E-state index is 12.5. The van der Waals surface area contributed by atoms with E-state index < -0.39 is 5.97 Å². The van der Waals surface area contributed by atoms with Crippen LogP contribution in [0, 0.1) is 0 Å². The van der Waals surface area contributed by atoms with Crippen molar-refractivity contribution in [3.63, 3.8) is 0 Å². The number of halogens is 2. The largest absolute Gasteiger partial charge is 0.481 e. The summed E-state index contributed by atoms with van der Waals surface area (Å²) in [7, 11) is 0. The maximum Gasteiger partial charge on any atom is 0.304 e. The van der Waals surface area contributed by atoms with Crippen LogP contribution in [-0.2, 0) is 4.79 Å². The van der Waals surface area contributed by atoms with Crippen LogP contribution < -0.4 is 0 Å². The number of benzene rings is 1. The molecule has 0 aliphatic carbocycles. The maximum absolute atomic E-state index is 12.5. The van der Waals surface area contributed by atoms with Gasteiger partial charge in [-0.3, -0.25) is 14.5 Å². The van der Waals surface area contributed by atoms with Crippen molar-refractivity contribution in [2.24, 2.45) is 0 Å². The molecule has 114 valence electrons. The molecule has 0 unspecified atom stereocenters. The van der Waals surface area contributed by atoms with Crippen LogP contribution in [0.5, 0.6) is 0 Å². The normalized spacial score (nSPS) is 16.0. The van der Waals surface area contributed by atoms with Gasteiger partial charge in [0.1, 0.15) is 0 Å². The van der Waals surface area contributed by atoms with Gasteiger partial charge in [0, 0.05) is 37.2 Å². The number of nitrogens with zero attached hydrogens (tertiary/aromatic N) is 2. The van der Waals surface area contributed by atoms with Gasteiger partial charge in [0.05, 0.1) is 17.0 Å². The van der Waals surface area contributed by atoms with Gasteiger partial charge < -0.3 is 10.0 Å². The molecule has 0 atom stereocenters. The summed E-state index contributed by atoms with van der Waals surface area (Å²) < 4.78 is 0.815. The van der Waals surface area contributed by atoms with Crippen LogP contribution in [0.2, 0.25) is 5.02 Å². The fourth-order valence-corrected chi connectivity index (χ4v) is 2.82. The Labute approximate surface area is 136 Å². The number of carboxylic acid groups (broad SMARTS) is 1. The molecule has 0 aromatic heterocycles. The zero-order chi connectivity index (χ0) is 15.4. The van der Waals surface area contributed by atoms with Gasteiger partial charge in [-0.05, 0) is 18.2 Å². The van der Waals surface area contributed by atoms with Crippen molar-refractivity contribution in [2.75, 3.05) is 32.7 Å². The quantitative estimate of drug-likeness (QED) is 0.877. The third kappa shape index (κ3) is 4.43. The van der Waals surface area contributed by atoms with Crippen LogP contribution in [0.25, 0.3) is 0 Å². The highest BCUT2D eigenvalue weighted by Crippen LogP contribution is 2.23. The standard InChI is InChI=1S/C14H16BrClN2O3/c15-10-1-2-12(16)11(9-10)14(21)18-7-5-17(6-8-18)4-3-13(19)20/h1-2,9H,3-8H2,(H,19,20). The van der Waals surface area contributed by atoms with Crippen molar-refractivity contribution in [1.29, 1.82) is 0 Å². The van der Waals surface area contributed by atoms with E-state index in [0.717, 1.165) is 4.47 Å². The number of piperazine rings is 1. The minimum atomic E-state index is -0.797. The summed E-state index contributed by atoms with van der Waals surface area (Å²) >= 11 is 9.42. The van der Waals surface area contributed by atoms with Crippen molar-refractivity contribution >= 4 is 39.4 Å². The average Bonchev–Trinajstić information content (AvgIpc) is 2.47. The molecule has 1 aromatic carbocycles. The summed E-state index contributed by atoms with van der Waals surface area (Å²) in [5, 5.41) is 9.12. The van der Waals surface area contributed by atoms with Crippen LogP contribution >= 0.6 is 27.5 Å². The smallest absolute Gasteiger partial charge is 0.304 e. The Morgan fingerprint density at radius 3 is 2.52 bits per heavy atom. The highest BCUT2D eigenvalue weighted by Gasteiger charge is 2.23. The molecule has 1 aromatic rings. The first-order valence-corrected chi connectivity index (χ1v) is 7.83. The second-order valence-corrected chi connectivity index (χ2v) is 6.22. The molecule has 21 heavy (non-hydrogen) atoms. The van der Waals surface area contributed by atoms with Crippen LogP contribution in [0.3, 0.4) is 0 Å². The third-order valence-corrected chi connectivity index (χ3v) is 4.28. The zero-order valence-electron chi connectivity index (χ0n) is 11.4. The molecular formula is C14H16BrClN2O3. The van der Waals surface area contributed by atoms with Crippen molar-refractivity contribution in [3.05, 3.63) is 33.3 Å². The van der Waals surface area contributed by atoms with Crippen molar-refractivity contribution in [3.8, 4) is 0 Å². The summed E-state index contributed by atoms with van der Waals surface area (Å²) in [5.41, 5.74) is 0.491. The van der Waals surface area contributed by atoms with E-state index in [1.165, 1.54) is 0 Å². The summed E-state index contributed by atoms with van der Waals surface area (Å²) in [6, 6.07) is 5.21. The van der Waals surface area contributed by atoms with Gasteiger partial charge in [-0.25, -0.2) is 0 Å². The van der Waals surface area contributed by atoms with Crippen LogP contribution in [0.15, 0.2) is 22.7 Å². The van der Waals surface area contributed by atoms with E-state index >= 15 is 0 Å². The lowest BCUT2D eigenvalue weighted by molar-refractivity contribution is -0.137. The molecule has 1 N–H and O–H groups in total. The predicted octanol–water partition coefficient (Wildman–Crippen LogP) is 2.33. The SMILES string of the molecule is O=C(O)CCN1CCN(C(=O)c2cc(Br)ccc2Cl)CC1. The van der Waals surface area contributed by atoms with Crippen LogP contribution in [0.1, 0.15) is 16.8 Å². The summed E-state index contributed by atoms with van der Waals surface area (Å²) in [5.74, 6) is -0.881. The first kappa shape index (κ1) is 16.3. The molecule has 1 aliphatic rings. The lowest BCUT2D eigenvalue weighted by Gasteiger charge is -2.34. The van der Waals surface area contributed by atoms with E-state index in [1.54, 1.807) is 23.1 Å². The van der Waals surface area contributed by atoms with Crippen molar-refractivity contribution in [1.82, 2.24) is 9.80 Å². The number of aliphatic carboxylic acids is 1. The lowest BCUT2D eigenvalue weighted by Crippen LogP contribution is -2.49. The Kier molecular flexibility index (Phi) is 5.61. The number of amides is 1. The van der Waals surface area contributed by atoms with Gasteiger partial charge in [0.25, 0.3) is 5.91 Å². The Balaban J connectivity index is 1.94. The second kappa shape index (κ2) is 7.24. The topological polar surface area (TPSA) is 60.9 Å². The summed E-state index contributed by atoms with van der Waals surface area (Å²) in [6.45, 7) is 3.06. The van der Waals surface area contributed by atoms with E-state index in [1.807, 2.05) is 0 Å². The fourth-order valence-electron chi connectivity index (χ4n) is 2.26. The summed E-state index contributed by atoms with van der Waals surface area (Å²) in [6.07, 6.45) is 0.130. The Morgan fingerprint density at radius 2 is 1.90 bits per heavy atom. The summed E-state index contributed by atoms with van der Waals surface area (Å²) in [4.78, 5) is 26.8. The number of carbonyl (C=O) groups excluding carboxylic acids is 1. The average molecular weight is 376 g/mol. The van der Waals surface area contributed by atoms with Crippen molar-refractivity contribution < 1.29 is 14.7 Å². The monoisotopic (exact) mass is 374 g/mol. The van der Waals surface area contributed by atoms with Gasteiger partial charge in [-0.1, -0.05) is 27.5 Å². The first-order valence-electron chi connectivity index (χ1n) is 6.66. The third-order valence-electron chi connectivity index (χ3n) is 3.46. The van der Waals surface area contributed by atoms with Crippen LogP contribution in [0.4, 0.5) is 0 Å². The van der Waals surface area contributed by atoms with Gasteiger partial charge in [-0.2, -0.15) is 0 Å². The number of carboxylic acids is 1. The highest BCUT2D eigenvalue weighted by molar-refractivity contribution is 9.10. The molecule has 1 heterocycles. The van der Waals surface area contributed by atoms with E-state index in [0.29, 0.717) is 43.3 Å². The van der Waals surface area contributed by atoms with E-state index in [9.17, 15) is 9.59 Å². The van der Waals surface area contributed by atoms with E-state index in [2.05, 4.69) is 20.8 Å². The molecule has 5 nitrogen and oxygen atoms in total. The molecule has 0 spiro atoms. The second-order valence-electron chi connectivity index (χ2n) is 4.90. The number of hydrogen-bond acceptors (Lipinski definition) is 3. The first-order chi connectivity index (χ1) is 9.97. The molecule has 0 radical (unpaired) electrons. The minimum absolute atomic E-state index is 0.0841. The number of rotatable bonds is 4.